The zero-order valence-corrected chi connectivity index (χ0v) is 13.2. The Kier molecular flexibility index (Phi) is 5.57. The standard InChI is InChI=1S/C17H18N2O4/c1-21-14-6-4-5-12(9-14)17(20)19-18-11-13-7-8-15(22-2)10-16(13)23-3/h4-11H,1-3H3,(H,19,20). The number of amides is 1. The Morgan fingerprint density at radius 2 is 1.74 bits per heavy atom. The Labute approximate surface area is 134 Å². The average Bonchev–Trinajstić information content (AvgIpc) is 2.61. The van der Waals surface area contributed by atoms with Crippen LogP contribution < -0.4 is 19.6 Å². The Morgan fingerprint density at radius 3 is 2.43 bits per heavy atom. The van der Waals surface area contributed by atoms with Crippen molar-refractivity contribution >= 4 is 12.1 Å². The van der Waals surface area contributed by atoms with Crippen LogP contribution in [0.15, 0.2) is 47.6 Å². The molecule has 6 nitrogen and oxygen atoms in total. The lowest BCUT2D eigenvalue weighted by molar-refractivity contribution is 0.0955. The number of carbonyl (C=O) groups excluding carboxylic acids is 1. The second kappa shape index (κ2) is 7.84. The minimum atomic E-state index is -0.326. The van der Waals surface area contributed by atoms with Crippen LogP contribution in [0.3, 0.4) is 0 Å². The number of nitrogens with zero attached hydrogens (tertiary/aromatic N) is 1. The van der Waals surface area contributed by atoms with Gasteiger partial charge in [-0.25, -0.2) is 5.43 Å². The van der Waals surface area contributed by atoms with Gasteiger partial charge in [0.25, 0.3) is 5.91 Å². The molecule has 120 valence electrons. The highest BCUT2D eigenvalue weighted by Gasteiger charge is 2.06. The average molecular weight is 314 g/mol. The van der Waals surface area contributed by atoms with E-state index in [1.54, 1.807) is 63.8 Å². The minimum absolute atomic E-state index is 0.326. The summed E-state index contributed by atoms with van der Waals surface area (Å²) in [7, 11) is 4.68. The lowest BCUT2D eigenvalue weighted by Gasteiger charge is -2.07. The smallest absolute Gasteiger partial charge is 0.271 e. The zero-order valence-electron chi connectivity index (χ0n) is 13.2. The van der Waals surface area contributed by atoms with Gasteiger partial charge in [-0.15, -0.1) is 0 Å². The second-order valence-corrected chi connectivity index (χ2v) is 4.54. The molecule has 2 rings (SSSR count). The predicted molar refractivity (Wildman–Crippen MR) is 87.6 cm³/mol. The van der Waals surface area contributed by atoms with Gasteiger partial charge in [0.15, 0.2) is 0 Å². The van der Waals surface area contributed by atoms with Crippen molar-refractivity contribution in [2.24, 2.45) is 5.10 Å². The molecule has 23 heavy (non-hydrogen) atoms. The summed E-state index contributed by atoms with van der Waals surface area (Å²) in [4.78, 5) is 12.0. The Bertz CT molecular complexity index is 713. The van der Waals surface area contributed by atoms with Crippen molar-refractivity contribution in [2.45, 2.75) is 0 Å². The Hall–Kier alpha value is -3.02. The van der Waals surface area contributed by atoms with Crippen LogP contribution in [0, 0.1) is 0 Å². The molecule has 0 radical (unpaired) electrons. The Morgan fingerprint density at radius 1 is 1.00 bits per heavy atom. The van der Waals surface area contributed by atoms with Crippen molar-refractivity contribution in [2.75, 3.05) is 21.3 Å². The van der Waals surface area contributed by atoms with Crippen LogP contribution in [-0.4, -0.2) is 33.5 Å². The number of carbonyl (C=O) groups is 1. The fourth-order valence-corrected chi connectivity index (χ4v) is 1.91. The number of ether oxygens (including phenoxy) is 3. The van der Waals surface area contributed by atoms with Crippen LogP contribution in [0.25, 0.3) is 0 Å². The third kappa shape index (κ3) is 4.23. The molecule has 0 unspecified atom stereocenters. The summed E-state index contributed by atoms with van der Waals surface area (Å²) in [6, 6.07) is 12.1. The number of nitrogens with one attached hydrogen (secondary N) is 1. The predicted octanol–water partition coefficient (Wildman–Crippen LogP) is 2.48. The van der Waals surface area contributed by atoms with E-state index in [4.69, 9.17) is 14.2 Å². The summed E-state index contributed by atoms with van der Waals surface area (Å²) < 4.78 is 15.5. The molecule has 2 aromatic carbocycles. The van der Waals surface area contributed by atoms with Crippen molar-refractivity contribution in [1.82, 2.24) is 5.43 Å². The first-order valence-electron chi connectivity index (χ1n) is 6.87. The zero-order chi connectivity index (χ0) is 16.7. The van der Waals surface area contributed by atoms with Gasteiger partial charge in [-0.1, -0.05) is 6.07 Å². The molecule has 0 saturated heterocycles. The van der Waals surface area contributed by atoms with E-state index in [1.165, 1.54) is 6.21 Å². The first-order chi connectivity index (χ1) is 11.2. The quantitative estimate of drug-likeness (QED) is 0.657. The lowest BCUT2D eigenvalue weighted by Crippen LogP contribution is -2.17. The van der Waals surface area contributed by atoms with Crippen molar-refractivity contribution in [3.8, 4) is 17.2 Å². The fraction of sp³-hybridized carbons (Fsp3) is 0.176. The highest BCUT2D eigenvalue weighted by Crippen LogP contribution is 2.23. The van der Waals surface area contributed by atoms with Gasteiger partial charge in [0.1, 0.15) is 17.2 Å². The molecule has 0 aromatic heterocycles. The number of hydrazone groups is 1. The molecule has 0 saturated carbocycles. The largest absolute Gasteiger partial charge is 0.497 e. The molecule has 1 amide bonds. The monoisotopic (exact) mass is 314 g/mol. The van der Waals surface area contributed by atoms with Crippen LogP contribution >= 0.6 is 0 Å². The van der Waals surface area contributed by atoms with Crippen molar-refractivity contribution < 1.29 is 19.0 Å². The number of benzene rings is 2. The van der Waals surface area contributed by atoms with E-state index >= 15 is 0 Å². The fourth-order valence-electron chi connectivity index (χ4n) is 1.91. The van der Waals surface area contributed by atoms with Crippen molar-refractivity contribution in [3.63, 3.8) is 0 Å². The van der Waals surface area contributed by atoms with E-state index < -0.39 is 0 Å². The van der Waals surface area contributed by atoms with E-state index in [0.717, 1.165) is 5.56 Å². The maximum absolute atomic E-state index is 12.0. The molecule has 0 atom stereocenters. The molecular weight excluding hydrogens is 296 g/mol. The van der Waals surface area contributed by atoms with Gasteiger partial charge in [-0.3, -0.25) is 4.79 Å². The first-order valence-corrected chi connectivity index (χ1v) is 6.87. The summed E-state index contributed by atoms with van der Waals surface area (Å²) in [5.41, 5.74) is 3.65. The van der Waals surface area contributed by atoms with Gasteiger partial charge in [0.05, 0.1) is 27.5 Å². The lowest BCUT2D eigenvalue weighted by atomic mass is 10.2. The highest BCUT2D eigenvalue weighted by molar-refractivity contribution is 5.95. The molecular formula is C17H18N2O4. The molecule has 6 heteroatoms. The van der Waals surface area contributed by atoms with E-state index in [2.05, 4.69) is 10.5 Å². The van der Waals surface area contributed by atoms with Crippen molar-refractivity contribution in [3.05, 3.63) is 53.6 Å². The van der Waals surface area contributed by atoms with Crippen LogP contribution in [0.2, 0.25) is 0 Å². The maximum atomic E-state index is 12.0. The molecule has 1 N–H and O–H groups in total. The van der Waals surface area contributed by atoms with Gasteiger partial charge < -0.3 is 14.2 Å². The maximum Gasteiger partial charge on any atom is 0.271 e. The summed E-state index contributed by atoms with van der Waals surface area (Å²) in [5.74, 6) is 1.56. The molecule has 0 aliphatic heterocycles. The van der Waals surface area contributed by atoms with Crippen LogP contribution in [0.4, 0.5) is 0 Å². The molecule has 0 spiro atoms. The molecule has 0 aliphatic carbocycles. The summed E-state index contributed by atoms with van der Waals surface area (Å²) in [6.45, 7) is 0. The summed E-state index contributed by atoms with van der Waals surface area (Å²) >= 11 is 0. The number of rotatable bonds is 6. The van der Waals surface area contributed by atoms with Crippen molar-refractivity contribution in [1.29, 1.82) is 0 Å². The summed E-state index contributed by atoms with van der Waals surface area (Å²) in [5, 5.41) is 3.95. The number of hydrogen-bond acceptors (Lipinski definition) is 5. The third-order valence-corrected chi connectivity index (χ3v) is 3.14. The molecule has 0 bridgehead atoms. The van der Waals surface area contributed by atoms with E-state index in [-0.39, 0.29) is 5.91 Å². The van der Waals surface area contributed by atoms with Crippen LogP contribution in [0.5, 0.6) is 17.2 Å². The summed E-state index contributed by atoms with van der Waals surface area (Å²) in [6.07, 6.45) is 1.51. The molecule has 0 fully saturated rings. The van der Waals surface area contributed by atoms with E-state index in [9.17, 15) is 4.79 Å². The Balaban J connectivity index is 2.07. The molecule has 0 aliphatic rings. The van der Waals surface area contributed by atoms with Gasteiger partial charge in [0.2, 0.25) is 0 Å². The highest BCUT2D eigenvalue weighted by atomic mass is 16.5. The van der Waals surface area contributed by atoms with Gasteiger partial charge in [-0.05, 0) is 30.3 Å². The van der Waals surface area contributed by atoms with Gasteiger partial charge in [-0.2, -0.15) is 5.10 Å². The van der Waals surface area contributed by atoms with Crippen LogP contribution in [-0.2, 0) is 0 Å². The SMILES string of the molecule is COc1cccc(C(=O)NN=Cc2ccc(OC)cc2OC)c1. The molecule has 2 aromatic rings. The number of methoxy groups -OCH3 is 3. The van der Waals surface area contributed by atoms with Crippen LogP contribution in [0.1, 0.15) is 15.9 Å². The molecule has 0 heterocycles. The normalized spacial score (nSPS) is 10.4. The van der Waals surface area contributed by atoms with E-state index in [0.29, 0.717) is 22.8 Å². The number of hydrogen-bond donors (Lipinski definition) is 1. The minimum Gasteiger partial charge on any atom is -0.497 e. The first kappa shape index (κ1) is 16.4. The topological polar surface area (TPSA) is 69.2 Å². The second-order valence-electron chi connectivity index (χ2n) is 4.54. The van der Waals surface area contributed by atoms with Gasteiger partial charge >= 0.3 is 0 Å². The van der Waals surface area contributed by atoms with E-state index in [1.807, 2.05) is 0 Å². The third-order valence-electron chi connectivity index (χ3n) is 3.14. The van der Waals surface area contributed by atoms with Gasteiger partial charge in [0, 0.05) is 17.2 Å².